The average Bonchev–Trinajstić information content (AvgIpc) is 2.64. The van der Waals surface area contributed by atoms with Gasteiger partial charge in [0.05, 0.1) is 0 Å². The lowest BCUT2D eigenvalue weighted by molar-refractivity contribution is 0.190. The second-order valence-electron chi connectivity index (χ2n) is 3.39. The Kier molecular flexibility index (Phi) is 3.38. The third-order valence-electron chi connectivity index (χ3n) is 2.36. The summed E-state index contributed by atoms with van der Waals surface area (Å²) in [5.74, 6) is 0. The standard InChI is InChI=1S/C11H13BrN2O/c1-15-8-2-6-14-7-4-9-10(12)3-5-13-11(9)14/h3-5,7H,2,6,8H2,1H3. The van der Waals surface area contributed by atoms with E-state index in [1.54, 1.807) is 7.11 Å². The van der Waals surface area contributed by atoms with Gasteiger partial charge in [0.25, 0.3) is 0 Å². The lowest BCUT2D eigenvalue weighted by Crippen LogP contribution is -2.00. The van der Waals surface area contributed by atoms with E-state index in [-0.39, 0.29) is 0 Å². The SMILES string of the molecule is COCCCn1ccc2c(Br)ccnc21. The molecular formula is C11H13BrN2O. The molecule has 0 fully saturated rings. The number of halogens is 1. The summed E-state index contributed by atoms with van der Waals surface area (Å²) in [6.07, 6.45) is 4.89. The van der Waals surface area contributed by atoms with Crippen molar-refractivity contribution in [3.8, 4) is 0 Å². The average molecular weight is 269 g/mol. The fourth-order valence-corrected chi connectivity index (χ4v) is 2.04. The third kappa shape index (κ3) is 2.21. The molecule has 0 aromatic carbocycles. The zero-order valence-electron chi connectivity index (χ0n) is 8.61. The highest BCUT2D eigenvalue weighted by atomic mass is 79.9. The molecule has 0 saturated carbocycles. The summed E-state index contributed by atoms with van der Waals surface area (Å²) < 4.78 is 8.28. The zero-order valence-corrected chi connectivity index (χ0v) is 10.2. The van der Waals surface area contributed by atoms with Gasteiger partial charge in [-0.05, 0) is 34.5 Å². The van der Waals surface area contributed by atoms with E-state index < -0.39 is 0 Å². The number of rotatable bonds is 4. The van der Waals surface area contributed by atoms with E-state index in [9.17, 15) is 0 Å². The summed E-state index contributed by atoms with van der Waals surface area (Å²) in [4.78, 5) is 4.37. The number of hydrogen-bond acceptors (Lipinski definition) is 2. The highest BCUT2D eigenvalue weighted by molar-refractivity contribution is 9.10. The van der Waals surface area contributed by atoms with Gasteiger partial charge in [-0.1, -0.05) is 0 Å². The molecule has 4 heteroatoms. The van der Waals surface area contributed by atoms with Crippen molar-refractivity contribution < 1.29 is 4.74 Å². The molecule has 80 valence electrons. The van der Waals surface area contributed by atoms with Gasteiger partial charge < -0.3 is 9.30 Å². The van der Waals surface area contributed by atoms with Gasteiger partial charge in [0.15, 0.2) is 0 Å². The summed E-state index contributed by atoms with van der Waals surface area (Å²) >= 11 is 3.51. The van der Waals surface area contributed by atoms with E-state index in [2.05, 4.69) is 37.7 Å². The summed E-state index contributed by atoms with van der Waals surface area (Å²) in [5, 5.41) is 1.16. The van der Waals surface area contributed by atoms with Crippen molar-refractivity contribution in [1.82, 2.24) is 9.55 Å². The highest BCUT2D eigenvalue weighted by Gasteiger charge is 2.04. The van der Waals surface area contributed by atoms with Crippen molar-refractivity contribution in [2.45, 2.75) is 13.0 Å². The quantitative estimate of drug-likeness (QED) is 0.798. The maximum atomic E-state index is 5.03. The molecular weight excluding hydrogens is 256 g/mol. The van der Waals surface area contributed by atoms with E-state index in [4.69, 9.17) is 4.74 Å². The first kappa shape index (κ1) is 10.6. The van der Waals surface area contributed by atoms with E-state index in [0.717, 1.165) is 35.1 Å². The molecule has 2 aromatic heterocycles. The van der Waals surface area contributed by atoms with E-state index in [0.29, 0.717) is 0 Å². The Labute approximate surface area is 97.2 Å². The molecule has 15 heavy (non-hydrogen) atoms. The number of methoxy groups -OCH3 is 1. The molecule has 0 aliphatic carbocycles. The van der Waals surface area contributed by atoms with Crippen LogP contribution in [0.3, 0.4) is 0 Å². The summed E-state index contributed by atoms with van der Waals surface area (Å²) in [6, 6.07) is 4.04. The van der Waals surface area contributed by atoms with Crippen molar-refractivity contribution >= 4 is 27.0 Å². The number of aryl methyl sites for hydroxylation is 1. The van der Waals surface area contributed by atoms with E-state index in [1.165, 1.54) is 0 Å². The van der Waals surface area contributed by atoms with E-state index in [1.807, 2.05) is 12.3 Å². The molecule has 0 bridgehead atoms. The van der Waals surface area contributed by atoms with Gasteiger partial charge in [-0.3, -0.25) is 0 Å². The molecule has 0 aliphatic heterocycles. The van der Waals surface area contributed by atoms with Crippen molar-refractivity contribution in [3.63, 3.8) is 0 Å². The largest absolute Gasteiger partial charge is 0.385 e. The predicted molar refractivity (Wildman–Crippen MR) is 63.9 cm³/mol. The molecule has 0 spiro atoms. The fraction of sp³-hybridized carbons (Fsp3) is 0.364. The topological polar surface area (TPSA) is 27.1 Å². The molecule has 0 N–H and O–H groups in total. The Balaban J connectivity index is 2.25. The monoisotopic (exact) mass is 268 g/mol. The van der Waals surface area contributed by atoms with Crippen LogP contribution in [0.25, 0.3) is 11.0 Å². The van der Waals surface area contributed by atoms with E-state index >= 15 is 0 Å². The molecule has 3 nitrogen and oxygen atoms in total. The van der Waals surface area contributed by atoms with Crippen LogP contribution in [0.2, 0.25) is 0 Å². The Hall–Kier alpha value is -0.870. The summed E-state index contributed by atoms with van der Waals surface area (Å²) in [6.45, 7) is 1.73. The smallest absolute Gasteiger partial charge is 0.140 e. The molecule has 2 rings (SSSR count). The van der Waals surface area contributed by atoms with Crippen molar-refractivity contribution in [1.29, 1.82) is 0 Å². The van der Waals surface area contributed by atoms with Crippen LogP contribution in [0.4, 0.5) is 0 Å². The van der Waals surface area contributed by atoms with Crippen molar-refractivity contribution in [3.05, 3.63) is 29.0 Å². The molecule has 0 unspecified atom stereocenters. The molecule has 0 saturated heterocycles. The fourth-order valence-electron chi connectivity index (χ4n) is 1.62. The first-order chi connectivity index (χ1) is 7.33. The third-order valence-corrected chi connectivity index (χ3v) is 3.05. The van der Waals surface area contributed by atoms with Crippen LogP contribution < -0.4 is 0 Å². The molecule has 0 aliphatic rings. The lowest BCUT2D eigenvalue weighted by Gasteiger charge is -2.03. The van der Waals surface area contributed by atoms with Gasteiger partial charge >= 0.3 is 0 Å². The Morgan fingerprint density at radius 2 is 2.33 bits per heavy atom. The maximum absolute atomic E-state index is 5.03. The normalized spacial score (nSPS) is 11.1. The number of nitrogens with zero attached hydrogens (tertiary/aromatic N) is 2. The van der Waals surface area contributed by atoms with Crippen LogP contribution in [-0.4, -0.2) is 23.3 Å². The van der Waals surface area contributed by atoms with Gasteiger partial charge in [-0.25, -0.2) is 4.98 Å². The summed E-state index contributed by atoms with van der Waals surface area (Å²) in [7, 11) is 1.72. The minimum Gasteiger partial charge on any atom is -0.385 e. The van der Waals surface area contributed by atoms with Crippen LogP contribution >= 0.6 is 15.9 Å². The first-order valence-electron chi connectivity index (χ1n) is 4.91. The molecule has 0 radical (unpaired) electrons. The van der Waals surface area contributed by atoms with Crippen LogP contribution in [0.15, 0.2) is 29.0 Å². The second-order valence-corrected chi connectivity index (χ2v) is 4.24. The van der Waals surface area contributed by atoms with Gasteiger partial charge in [0, 0.05) is 42.5 Å². The van der Waals surface area contributed by atoms with Crippen LogP contribution in [0, 0.1) is 0 Å². The second kappa shape index (κ2) is 4.77. The Morgan fingerprint density at radius 1 is 1.47 bits per heavy atom. The number of hydrogen-bond donors (Lipinski definition) is 0. The molecule has 2 heterocycles. The summed E-state index contributed by atoms with van der Waals surface area (Å²) in [5.41, 5.74) is 1.03. The molecule has 2 aromatic rings. The predicted octanol–water partition coefficient (Wildman–Crippen LogP) is 2.84. The van der Waals surface area contributed by atoms with Crippen molar-refractivity contribution in [2.24, 2.45) is 0 Å². The number of pyridine rings is 1. The zero-order chi connectivity index (χ0) is 10.7. The highest BCUT2D eigenvalue weighted by Crippen LogP contribution is 2.22. The Morgan fingerprint density at radius 3 is 3.13 bits per heavy atom. The van der Waals surface area contributed by atoms with Gasteiger partial charge in [0.2, 0.25) is 0 Å². The number of ether oxygens (including phenoxy) is 1. The van der Waals surface area contributed by atoms with Crippen LogP contribution in [0.1, 0.15) is 6.42 Å². The molecule has 0 amide bonds. The van der Waals surface area contributed by atoms with Crippen molar-refractivity contribution in [2.75, 3.05) is 13.7 Å². The number of fused-ring (bicyclic) bond motifs is 1. The number of aromatic nitrogens is 2. The minimum atomic E-state index is 0.785. The minimum absolute atomic E-state index is 0.785. The van der Waals surface area contributed by atoms with Gasteiger partial charge in [-0.2, -0.15) is 0 Å². The van der Waals surface area contributed by atoms with Crippen LogP contribution in [-0.2, 0) is 11.3 Å². The maximum Gasteiger partial charge on any atom is 0.140 e. The lowest BCUT2D eigenvalue weighted by atomic mass is 10.3. The van der Waals surface area contributed by atoms with Crippen LogP contribution in [0.5, 0.6) is 0 Å². The molecule has 0 atom stereocenters. The van der Waals surface area contributed by atoms with Gasteiger partial charge in [0.1, 0.15) is 5.65 Å². The van der Waals surface area contributed by atoms with Gasteiger partial charge in [-0.15, -0.1) is 0 Å². The first-order valence-corrected chi connectivity index (χ1v) is 5.70. The Bertz CT molecular complexity index is 453.